The third-order valence-corrected chi connectivity index (χ3v) is 19.2. The van der Waals surface area contributed by atoms with Crippen LogP contribution in [0.5, 0.6) is 0 Å². The zero-order chi connectivity index (χ0) is 56.6. The molecule has 0 bridgehead atoms. The number of aliphatic imine (C=N–C) groups is 1. The van der Waals surface area contributed by atoms with Crippen molar-refractivity contribution in [2.24, 2.45) is 78.9 Å². The highest BCUT2D eigenvalue weighted by atomic mass is 16.5. The highest BCUT2D eigenvalue weighted by molar-refractivity contribution is 6.25. The van der Waals surface area contributed by atoms with E-state index in [9.17, 15) is 9.59 Å². The summed E-state index contributed by atoms with van der Waals surface area (Å²) in [5.41, 5.74) is 2.22. The van der Waals surface area contributed by atoms with Gasteiger partial charge in [-0.15, -0.1) is 0 Å². The van der Waals surface area contributed by atoms with Crippen LogP contribution >= 0.6 is 0 Å². The van der Waals surface area contributed by atoms with Crippen LogP contribution in [0.4, 0.5) is 0 Å². The number of hydrogen-bond acceptors (Lipinski definition) is 7. The van der Waals surface area contributed by atoms with E-state index in [4.69, 9.17) is 14.5 Å². The number of ether oxygens (including phenoxy) is 2. The van der Waals surface area contributed by atoms with Gasteiger partial charge in [0.2, 0.25) is 5.91 Å². The second-order valence-electron chi connectivity index (χ2n) is 28.8. The molecule has 2 saturated carbocycles. The van der Waals surface area contributed by atoms with Gasteiger partial charge in [-0.25, -0.2) is 14.6 Å². The van der Waals surface area contributed by atoms with E-state index in [0.29, 0.717) is 84.2 Å². The number of nitrogens with zero attached hydrogens (tertiary/aromatic N) is 2. The van der Waals surface area contributed by atoms with Crippen molar-refractivity contribution >= 4 is 35.5 Å². The Morgan fingerprint density at radius 2 is 0.986 bits per heavy atom. The maximum absolute atomic E-state index is 15.6. The first-order valence-electron chi connectivity index (χ1n) is 29.5. The normalized spacial score (nSPS) is 25.2. The van der Waals surface area contributed by atoms with Crippen LogP contribution in [0, 0.1) is 73.9 Å². The minimum atomic E-state index is -0.648. The number of likely N-dealkylation sites (N-methyl/N-ethyl adjacent to an activating group) is 1. The fourth-order valence-corrected chi connectivity index (χ4v) is 13.9. The number of hydrogen-bond donors (Lipinski definition) is 1. The van der Waals surface area contributed by atoms with Crippen molar-refractivity contribution < 1.29 is 28.7 Å². The van der Waals surface area contributed by atoms with Crippen LogP contribution in [0.3, 0.4) is 0 Å². The van der Waals surface area contributed by atoms with Crippen LogP contribution < -0.4 is 0 Å². The molecule has 3 aliphatic rings. The molecule has 9 nitrogen and oxygen atoms in total. The van der Waals surface area contributed by atoms with E-state index >= 15 is 9.59 Å². The molecule has 1 aromatic rings. The molecule has 74 heavy (non-hydrogen) atoms. The van der Waals surface area contributed by atoms with Gasteiger partial charge in [0.1, 0.15) is 23.6 Å². The molecule has 2 aliphatic carbocycles. The van der Waals surface area contributed by atoms with Gasteiger partial charge in [0.25, 0.3) is 0 Å². The fourth-order valence-electron chi connectivity index (χ4n) is 13.9. The van der Waals surface area contributed by atoms with Gasteiger partial charge in [0.15, 0.2) is 5.84 Å². The summed E-state index contributed by atoms with van der Waals surface area (Å²) in [6.07, 6.45) is 9.15. The number of esters is 2. The van der Waals surface area contributed by atoms with Crippen molar-refractivity contribution in [1.82, 2.24) is 9.88 Å². The summed E-state index contributed by atoms with van der Waals surface area (Å²) in [6.45, 7) is 52.5. The summed E-state index contributed by atoms with van der Waals surface area (Å²) in [7, 11) is 1.76. The Morgan fingerprint density at radius 1 is 0.608 bits per heavy atom. The number of rotatable bonds is 17. The molecule has 0 radical (unpaired) electrons. The Kier molecular flexibility index (Phi) is 20.1. The highest BCUT2D eigenvalue weighted by Gasteiger charge is 2.51. The summed E-state index contributed by atoms with van der Waals surface area (Å²) in [4.78, 5) is 71.7. The molecule has 9 heteroatoms. The van der Waals surface area contributed by atoms with E-state index in [2.05, 4.69) is 171 Å². The lowest BCUT2D eigenvalue weighted by Crippen LogP contribution is -2.50. The maximum Gasteiger partial charge on any atom is 0.342 e. The van der Waals surface area contributed by atoms with Crippen LogP contribution in [0.25, 0.3) is 6.08 Å². The van der Waals surface area contributed by atoms with Crippen LogP contribution in [0.1, 0.15) is 264 Å². The number of H-pyrrole nitrogens is 1. The van der Waals surface area contributed by atoms with Crippen molar-refractivity contribution in [3.05, 3.63) is 39.4 Å². The Morgan fingerprint density at radius 3 is 1.32 bits per heavy atom. The Bertz CT molecular complexity index is 2190. The average Bonchev–Trinajstić information content (AvgIpc) is 3.85. The summed E-state index contributed by atoms with van der Waals surface area (Å²) < 4.78 is 14.0. The predicted molar refractivity (Wildman–Crippen MR) is 308 cm³/mol. The fraction of sp³-hybridized carbons (Fsp3) is 0.800. The number of carbonyl (C=O) groups excluding carboxylic acids is 4. The van der Waals surface area contributed by atoms with Crippen molar-refractivity contribution in [3.63, 3.8) is 0 Å². The lowest BCUT2D eigenvalue weighted by atomic mass is 9.59. The monoisotopic (exact) mass is 1030 g/mol. The second kappa shape index (κ2) is 23.6. The smallest absolute Gasteiger partial charge is 0.342 e. The van der Waals surface area contributed by atoms with Crippen LogP contribution in [0.2, 0.25) is 0 Å². The molecule has 0 saturated heterocycles. The Labute approximate surface area is 452 Å². The summed E-state index contributed by atoms with van der Waals surface area (Å²) in [5.74, 6) is 0.488. The lowest BCUT2D eigenvalue weighted by molar-refractivity contribution is -0.164. The molecule has 2 fully saturated rings. The van der Waals surface area contributed by atoms with Gasteiger partial charge in [0.05, 0.1) is 11.3 Å². The van der Waals surface area contributed by atoms with Gasteiger partial charge in [-0.1, -0.05) is 166 Å². The summed E-state index contributed by atoms with van der Waals surface area (Å²) in [5, 5.41) is 0. The largest absolute Gasteiger partial charge is 0.458 e. The standard InChI is InChI=1S/C65H109N3O6/c1-26-64(27-2,28-3)49(69)37-48-52(57(70)73-54-42(60(13,14)15)32-40(11)33-43(54)61(16,17)18)50(38(7)8)46(66-48)36-47-51(39(9)10)53(56(67-47)68(25)59(72)65(29-4,30-5)31-6)58(71)74-55-44(62(19,20)21)34-41(12)35-45(55)63(22,23)24/h36,38-45,54-55,66H,26-35,37H2,1-25H3/b47-36-. The number of Topliss-reactive ketones (excluding diaryl/α,β-unsaturated/α-hetero) is 1. The number of carbonyl (C=O) groups is 4. The van der Waals surface area contributed by atoms with Crippen LogP contribution in [-0.2, 0) is 30.3 Å². The van der Waals surface area contributed by atoms with Crippen molar-refractivity contribution in [3.8, 4) is 0 Å². The molecule has 0 spiro atoms. The van der Waals surface area contributed by atoms with Gasteiger partial charge in [-0.2, -0.15) is 0 Å². The first-order chi connectivity index (χ1) is 33.9. The molecule has 0 aromatic carbocycles. The predicted octanol–water partition coefficient (Wildman–Crippen LogP) is 16.8. The van der Waals surface area contributed by atoms with Gasteiger partial charge < -0.3 is 14.5 Å². The minimum Gasteiger partial charge on any atom is -0.458 e. The van der Waals surface area contributed by atoms with Gasteiger partial charge in [0, 0.05) is 59.4 Å². The lowest BCUT2D eigenvalue weighted by Gasteiger charge is -2.50. The zero-order valence-corrected chi connectivity index (χ0v) is 52.0. The number of aromatic amines is 1. The first-order valence-corrected chi connectivity index (χ1v) is 29.5. The molecular weight excluding hydrogens is 919 g/mol. The number of allylic oxidation sites excluding steroid dienone is 1. The van der Waals surface area contributed by atoms with Gasteiger partial charge >= 0.3 is 11.9 Å². The third kappa shape index (κ3) is 13.1. The molecule has 1 amide bonds. The number of amides is 1. The maximum atomic E-state index is 15.6. The molecule has 1 aliphatic heterocycles. The Balaban J connectivity index is 2.12. The number of amidine groups is 1. The van der Waals surface area contributed by atoms with Crippen LogP contribution in [-0.4, -0.2) is 58.6 Å². The van der Waals surface area contributed by atoms with Crippen molar-refractivity contribution in [2.75, 3.05) is 7.05 Å². The van der Waals surface area contributed by atoms with Gasteiger partial charge in [-0.05, 0) is 127 Å². The second-order valence-corrected chi connectivity index (χ2v) is 28.8. The Hall–Kier alpha value is -3.49. The number of ketones is 1. The summed E-state index contributed by atoms with van der Waals surface area (Å²) in [6, 6.07) is 0. The SMILES string of the molecule is CCC(CC)(CC)C(=O)Cc1[nH]c(/C=C2\N=C(N(C)C(=O)C(CC)(CC)CC)C(C(=O)OC3C(C(C)(C)C)CC(C)CC3C(C)(C)C)=C2C(C)C)c(C(C)C)c1C(=O)OC1C(C(C)(C)C)CC(C)CC1C(C)(C)C. The minimum absolute atomic E-state index is 0.0448. The van der Waals surface area contributed by atoms with Crippen LogP contribution in [0.15, 0.2) is 21.8 Å². The average molecular weight is 1030 g/mol. The highest BCUT2D eigenvalue weighted by Crippen LogP contribution is 2.52. The zero-order valence-electron chi connectivity index (χ0n) is 52.0. The molecule has 2 heterocycles. The topological polar surface area (TPSA) is 118 Å². The number of aromatic nitrogens is 1. The third-order valence-electron chi connectivity index (χ3n) is 19.2. The van der Waals surface area contributed by atoms with E-state index in [-0.39, 0.29) is 93.3 Å². The quantitative estimate of drug-likeness (QED) is 0.155. The molecule has 420 valence electrons. The summed E-state index contributed by atoms with van der Waals surface area (Å²) >= 11 is 0. The van der Waals surface area contributed by atoms with E-state index in [0.717, 1.165) is 31.2 Å². The van der Waals surface area contributed by atoms with Crippen molar-refractivity contribution in [2.45, 2.75) is 255 Å². The molecule has 4 rings (SSSR count). The van der Waals surface area contributed by atoms with Gasteiger partial charge in [-0.3, -0.25) is 14.5 Å². The van der Waals surface area contributed by atoms with Crippen molar-refractivity contribution in [1.29, 1.82) is 0 Å². The van der Waals surface area contributed by atoms with E-state index < -0.39 is 22.8 Å². The first kappa shape index (κ1) is 63.0. The molecule has 4 atom stereocenters. The van der Waals surface area contributed by atoms with E-state index in [1.165, 1.54) is 0 Å². The molecule has 4 unspecified atom stereocenters. The van der Waals surface area contributed by atoms with E-state index in [1.54, 1.807) is 11.9 Å². The molecule has 1 aromatic heterocycles. The van der Waals surface area contributed by atoms with E-state index in [1.807, 2.05) is 6.08 Å². The molecule has 1 N–H and O–H groups in total. The number of nitrogens with one attached hydrogen (secondary N) is 1. The molecular formula is C65H109N3O6.